The van der Waals surface area contributed by atoms with Gasteiger partial charge in [0.05, 0.1) is 17.8 Å². The largest absolute Gasteiger partial charge is 0.467 e. The van der Waals surface area contributed by atoms with E-state index in [4.69, 9.17) is 21.3 Å². The molecule has 0 aliphatic heterocycles. The fourth-order valence-electron chi connectivity index (χ4n) is 2.52. The van der Waals surface area contributed by atoms with Gasteiger partial charge in [-0.2, -0.15) is 5.26 Å². The zero-order valence-electron chi connectivity index (χ0n) is 13.9. The van der Waals surface area contributed by atoms with Gasteiger partial charge in [-0.05, 0) is 36.0 Å². The monoisotopic (exact) mass is 393 g/mol. The lowest BCUT2D eigenvalue weighted by Crippen LogP contribution is -2.03. The van der Waals surface area contributed by atoms with E-state index in [2.05, 4.69) is 15.2 Å². The number of hydrogen-bond acceptors (Lipinski definition) is 6. The summed E-state index contributed by atoms with van der Waals surface area (Å²) in [5.41, 5.74) is 1.13. The summed E-state index contributed by atoms with van der Waals surface area (Å²) in [7, 11) is 0. The van der Waals surface area contributed by atoms with Crippen molar-refractivity contribution in [3.8, 4) is 17.5 Å². The van der Waals surface area contributed by atoms with Crippen LogP contribution in [-0.2, 0) is 6.54 Å². The maximum absolute atomic E-state index is 9.14. The molecule has 27 heavy (non-hydrogen) atoms. The Kier molecular flexibility index (Phi) is 4.92. The van der Waals surface area contributed by atoms with E-state index in [1.165, 1.54) is 11.8 Å². The van der Waals surface area contributed by atoms with Gasteiger partial charge in [0, 0.05) is 5.56 Å². The first-order chi connectivity index (χ1) is 13.2. The highest BCUT2D eigenvalue weighted by Gasteiger charge is 2.17. The molecule has 0 radical (unpaired) electrons. The summed E-state index contributed by atoms with van der Waals surface area (Å²) in [6.07, 6.45) is 1.63. The Balaban J connectivity index is 1.74. The first kappa shape index (κ1) is 17.3. The summed E-state index contributed by atoms with van der Waals surface area (Å²) in [6.45, 7) is 0.477. The predicted molar refractivity (Wildman–Crippen MR) is 101 cm³/mol. The molecule has 1 aromatic carbocycles. The highest BCUT2D eigenvalue weighted by Crippen LogP contribution is 2.30. The van der Waals surface area contributed by atoms with Crippen molar-refractivity contribution in [1.82, 2.24) is 19.7 Å². The molecule has 4 aromatic rings. The van der Waals surface area contributed by atoms with E-state index < -0.39 is 0 Å². The first-order valence-corrected chi connectivity index (χ1v) is 9.19. The van der Waals surface area contributed by atoms with Gasteiger partial charge in [0.1, 0.15) is 16.9 Å². The van der Waals surface area contributed by atoms with Crippen molar-refractivity contribution >= 4 is 23.4 Å². The van der Waals surface area contributed by atoms with Crippen molar-refractivity contribution in [2.75, 3.05) is 0 Å². The molecule has 3 heterocycles. The number of hydrogen-bond donors (Lipinski definition) is 0. The van der Waals surface area contributed by atoms with Gasteiger partial charge in [0.15, 0.2) is 16.7 Å². The molecule has 0 bridgehead atoms. The molecule has 4 rings (SSSR count). The molecule has 8 heteroatoms. The van der Waals surface area contributed by atoms with Crippen molar-refractivity contribution < 1.29 is 4.42 Å². The molecular formula is C19H12ClN5OS. The molecule has 3 aromatic heterocycles. The SMILES string of the molecule is N#Cc1nc(Sc2nnc(-c3ccccc3)n2Cc2ccco2)ccc1Cl. The van der Waals surface area contributed by atoms with E-state index in [9.17, 15) is 0 Å². The van der Waals surface area contributed by atoms with Gasteiger partial charge in [0.25, 0.3) is 0 Å². The Morgan fingerprint density at radius 2 is 1.93 bits per heavy atom. The Bertz CT molecular complexity index is 1100. The van der Waals surface area contributed by atoms with Gasteiger partial charge in [-0.3, -0.25) is 4.57 Å². The molecule has 0 aliphatic rings. The minimum absolute atomic E-state index is 0.182. The van der Waals surface area contributed by atoms with Crippen LogP contribution in [0.4, 0.5) is 0 Å². The summed E-state index contributed by atoms with van der Waals surface area (Å²) in [5.74, 6) is 1.51. The molecule has 0 N–H and O–H groups in total. The van der Waals surface area contributed by atoms with E-state index in [-0.39, 0.29) is 5.69 Å². The van der Waals surface area contributed by atoms with E-state index in [0.717, 1.165) is 17.1 Å². The summed E-state index contributed by atoms with van der Waals surface area (Å²) < 4.78 is 7.45. The number of nitriles is 1. The van der Waals surface area contributed by atoms with Gasteiger partial charge in [-0.25, -0.2) is 4.98 Å². The normalized spacial score (nSPS) is 10.7. The zero-order valence-corrected chi connectivity index (χ0v) is 15.5. The van der Waals surface area contributed by atoms with Gasteiger partial charge in [-0.15, -0.1) is 10.2 Å². The van der Waals surface area contributed by atoms with E-state index >= 15 is 0 Å². The Morgan fingerprint density at radius 1 is 1.07 bits per heavy atom. The number of halogens is 1. The average molecular weight is 394 g/mol. The number of benzene rings is 1. The van der Waals surface area contributed by atoms with E-state index in [1.54, 1.807) is 18.4 Å². The highest BCUT2D eigenvalue weighted by molar-refractivity contribution is 7.99. The van der Waals surface area contributed by atoms with Crippen molar-refractivity contribution in [3.05, 3.63) is 77.3 Å². The average Bonchev–Trinajstić information content (AvgIpc) is 3.35. The van der Waals surface area contributed by atoms with Crippen molar-refractivity contribution in [1.29, 1.82) is 5.26 Å². The fraction of sp³-hybridized carbons (Fsp3) is 0.0526. The standard InChI is InChI=1S/C19H12ClN5OS/c20-15-8-9-17(22-16(15)11-21)27-19-24-23-18(13-5-2-1-3-6-13)25(19)12-14-7-4-10-26-14/h1-10H,12H2. The maximum atomic E-state index is 9.14. The molecular weight excluding hydrogens is 382 g/mol. The van der Waals surface area contributed by atoms with E-state index in [0.29, 0.717) is 21.7 Å². The maximum Gasteiger partial charge on any atom is 0.198 e. The molecule has 0 saturated carbocycles. The lowest BCUT2D eigenvalue weighted by atomic mass is 10.2. The number of nitrogens with zero attached hydrogens (tertiary/aromatic N) is 5. The molecule has 6 nitrogen and oxygen atoms in total. The smallest absolute Gasteiger partial charge is 0.198 e. The quantitative estimate of drug-likeness (QED) is 0.490. The topological polar surface area (TPSA) is 80.5 Å². The number of pyridine rings is 1. The van der Waals surface area contributed by atoms with Gasteiger partial charge < -0.3 is 4.42 Å². The molecule has 0 fully saturated rings. The number of aromatic nitrogens is 4. The fourth-order valence-corrected chi connectivity index (χ4v) is 3.47. The van der Waals surface area contributed by atoms with Crippen LogP contribution >= 0.6 is 23.4 Å². The van der Waals surface area contributed by atoms with Crippen LogP contribution in [0.5, 0.6) is 0 Å². The van der Waals surface area contributed by atoms with Crippen LogP contribution in [0.15, 0.2) is 75.5 Å². The lowest BCUT2D eigenvalue weighted by Gasteiger charge is -2.09. The Morgan fingerprint density at radius 3 is 2.67 bits per heavy atom. The van der Waals surface area contributed by atoms with Crippen LogP contribution in [0, 0.1) is 11.3 Å². The molecule has 0 amide bonds. The summed E-state index contributed by atoms with van der Waals surface area (Å²) in [5, 5.41) is 19.4. The van der Waals surface area contributed by atoms with Crippen LogP contribution in [0.25, 0.3) is 11.4 Å². The second kappa shape index (κ2) is 7.66. The Hall–Kier alpha value is -3.08. The molecule has 0 atom stereocenters. The number of rotatable bonds is 5. The van der Waals surface area contributed by atoms with Crippen LogP contribution in [0.1, 0.15) is 11.5 Å². The van der Waals surface area contributed by atoms with Crippen LogP contribution in [0.3, 0.4) is 0 Å². The minimum atomic E-state index is 0.182. The first-order valence-electron chi connectivity index (χ1n) is 8.00. The highest BCUT2D eigenvalue weighted by atomic mass is 35.5. The predicted octanol–water partition coefficient (Wildman–Crippen LogP) is 4.66. The van der Waals surface area contributed by atoms with Crippen molar-refractivity contribution in [2.45, 2.75) is 16.7 Å². The third-order valence-corrected chi connectivity index (χ3v) is 4.99. The van der Waals surface area contributed by atoms with Crippen LogP contribution in [0.2, 0.25) is 5.02 Å². The molecule has 0 aliphatic carbocycles. The molecule has 0 unspecified atom stereocenters. The third-order valence-electron chi connectivity index (χ3n) is 3.77. The molecule has 0 spiro atoms. The molecule has 0 saturated heterocycles. The summed E-state index contributed by atoms with van der Waals surface area (Å²) >= 11 is 7.29. The minimum Gasteiger partial charge on any atom is -0.467 e. The zero-order chi connectivity index (χ0) is 18.6. The van der Waals surface area contributed by atoms with Crippen molar-refractivity contribution in [2.24, 2.45) is 0 Å². The second-order valence-electron chi connectivity index (χ2n) is 5.53. The van der Waals surface area contributed by atoms with Crippen LogP contribution < -0.4 is 0 Å². The molecule has 132 valence electrons. The van der Waals surface area contributed by atoms with Gasteiger partial charge in [0.2, 0.25) is 0 Å². The third kappa shape index (κ3) is 3.72. The van der Waals surface area contributed by atoms with Gasteiger partial charge >= 0.3 is 0 Å². The van der Waals surface area contributed by atoms with Gasteiger partial charge in [-0.1, -0.05) is 41.9 Å². The summed E-state index contributed by atoms with van der Waals surface area (Å²) in [6, 6.07) is 18.9. The summed E-state index contributed by atoms with van der Waals surface area (Å²) in [4.78, 5) is 4.27. The number of furan rings is 1. The lowest BCUT2D eigenvalue weighted by molar-refractivity contribution is 0.485. The van der Waals surface area contributed by atoms with Crippen molar-refractivity contribution in [3.63, 3.8) is 0 Å². The second-order valence-corrected chi connectivity index (χ2v) is 6.93. The van der Waals surface area contributed by atoms with Crippen LogP contribution in [-0.4, -0.2) is 19.7 Å². The van der Waals surface area contributed by atoms with E-state index in [1.807, 2.05) is 53.1 Å². The Labute approximate surface area is 164 Å².